The molecular formula is C38H35N7O5. The molecule has 1 amide bonds. The van der Waals surface area contributed by atoms with Gasteiger partial charge >= 0.3 is 12.0 Å². The number of hydrogen-bond acceptors (Lipinski definition) is 10. The predicted molar refractivity (Wildman–Crippen MR) is 190 cm³/mol. The zero-order chi connectivity index (χ0) is 35.0. The Kier molecular flexibility index (Phi) is 9.99. The van der Waals surface area contributed by atoms with Crippen molar-refractivity contribution in [2.75, 3.05) is 23.5 Å². The largest absolute Gasteiger partial charge is 0.497 e. The van der Waals surface area contributed by atoms with E-state index in [0.717, 1.165) is 39.2 Å². The van der Waals surface area contributed by atoms with Gasteiger partial charge in [-0.25, -0.2) is 4.79 Å². The van der Waals surface area contributed by atoms with Gasteiger partial charge < -0.3 is 35.9 Å². The summed E-state index contributed by atoms with van der Waals surface area (Å²) in [4.78, 5) is 28.8. The quantitative estimate of drug-likeness (QED) is 0.0817. The Bertz CT molecular complexity index is 2100. The summed E-state index contributed by atoms with van der Waals surface area (Å²) in [6, 6.07) is 29.4. The lowest BCUT2D eigenvalue weighted by molar-refractivity contribution is 0.0696. The number of nitrogens with two attached hydrogens (primary N) is 1. The maximum Gasteiger partial charge on any atom is 0.337 e. The smallest absolute Gasteiger partial charge is 0.337 e. The first-order valence-electron chi connectivity index (χ1n) is 15.8. The van der Waals surface area contributed by atoms with Gasteiger partial charge in [-0.05, 0) is 83.8 Å². The highest BCUT2D eigenvalue weighted by atomic mass is 16.5. The van der Waals surface area contributed by atoms with Gasteiger partial charge in [0.1, 0.15) is 5.75 Å². The van der Waals surface area contributed by atoms with E-state index < -0.39 is 12.0 Å². The Morgan fingerprint density at radius 3 is 2.30 bits per heavy atom. The molecule has 0 saturated carbocycles. The molecule has 12 nitrogen and oxygen atoms in total. The van der Waals surface area contributed by atoms with Crippen molar-refractivity contribution < 1.29 is 23.8 Å². The number of nitrogens with zero attached hydrogens (tertiary/aromatic N) is 3. The van der Waals surface area contributed by atoms with Crippen LogP contribution in [0.1, 0.15) is 49.3 Å². The highest BCUT2D eigenvalue weighted by Crippen LogP contribution is 2.25. The molecule has 0 fully saturated rings. The van der Waals surface area contributed by atoms with Crippen molar-refractivity contribution in [2.45, 2.75) is 25.9 Å². The number of anilines is 4. The minimum absolute atomic E-state index is 0.136. The van der Waals surface area contributed by atoms with E-state index in [-0.39, 0.29) is 23.9 Å². The highest BCUT2D eigenvalue weighted by Gasteiger charge is 2.20. The predicted octanol–water partition coefficient (Wildman–Crippen LogP) is 6.80. The number of carboxylic acid groups (broad SMARTS) is 1. The number of carbonyl (C=O) groups is 2. The summed E-state index contributed by atoms with van der Waals surface area (Å²) >= 11 is 0. The number of nitrogens with one attached hydrogen (secondary N) is 3. The summed E-state index contributed by atoms with van der Waals surface area (Å²) in [5.41, 5.74) is 13.3. The molecule has 6 aromatic rings. The first-order valence-corrected chi connectivity index (χ1v) is 15.8. The van der Waals surface area contributed by atoms with E-state index in [2.05, 4.69) is 31.1 Å². The molecule has 6 rings (SSSR count). The molecule has 0 spiro atoms. The van der Waals surface area contributed by atoms with Crippen molar-refractivity contribution in [1.29, 1.82) is 0 Å². The van der Waals surface area contributed by atoms with Crippen molar-refractivity contribution in [3.8, 4) is 16.9 Å². The summed E-state index contributed by atoms with van der Waals surface area (Å²) in [6.07, 6.45) is 3.21. The number of nitrogen functional groups attached to an aromatic ring is 1. The van der Waals surface area contributed by atoms with Gasteiger partial charge in [0.2, 0.25) is 5.89 Å². The third-order valence-corrected chi connectivity index (χ3v) is 8.12. The lowest BCUT2D eigenvalue weighted by Gasteiger charge is -2.18. The fraction of sp³-hybridized carbons (Fsp3) is 0.132. The van der Waals surface area contributed by atoms with Crippen LogP contribution in [0, 0.1) is 6.92 Å². The lowest BCUT2D eigenvalue weighted by Crippen LogP contribution is -2.30. The SMILES string of the molecule is COc1ccc(C(Cc2nnc(Nc3ccc(C)c(N)c3)o2)NC(=O)c2ccc(CNc3ccc(-c4cncc(C(=O)O)c4)cc3)cc2)cc1. The van der Waals surface area contributed by atoms with Gasteiger partial charge in [0.15, 0.2) is 0 Å². The van der Waals surface area contributed by atoms with Crippen molar-refractivity contribution in [3.63, 3.8) is 0 Å². The average Bonchev–Trinajstić information content (AvgIpc) is 3.58. The molecule has 0 aliphatic rings. The fourth-order valence-corrected chi connectivity index (χ4v) is 5.21. The third-order valence-electron chi connectivity index (χ3n) is 8.12. The van der Waals surface area contributed by atoms with E-state index in [4.69, 9.17) is 14.9 Å². The van der Waals surface area contributed by atoms with Crippen molar-refractivity contribution >= 4 is 35.0 Å². The monoisotopic (exact) mass is 669 g/mol. The zero-order valence-electron chi connectivity index (χ0n) is 27.4. The highest BCUT2D eigenvalue weighted by molar-refractivity contribution is 5.94. The van der Waals surface area contributed by atoms with Gasteiger partial charge in [0.25, 0.3) is 5.91 Å². The van der Waals surface area contributed by atoms with Crippen LogP contribution in [0.15, 0.2) is 114 Å². The molecule has 50 heavy (non-hydrogen) atoms. The first-order chi connectivity index (χ1) is 24.2. The minimum atomic E-state index is -1.02. The van der Waals surface area contributed by atoms with E-state index in [1.807, 2.05) is 79.7 Å². The molecule has 0 bridgehead atoms. The van der Waals surface area contributed by atoms with E-state index in [1.54, 1.807) is 37.6 Å². The molecule has 252 valence electrons. The number of ether oxygens (including phenoxy) is 1. The molecule has 6 N–H and O–H groups in total. The summed E-state index contributed by atoms with van der Waals surface area (Å²) < 4.78 is 11.2. The van der Waals surface area contributed by atoms with Crippen LogP contribution in [-0.4, -0.2) is 39.3 Å². The van der Waals surface area contributed by atoms with Gasteiger partial charge in [-0.1, -0.05) is 47.6 Å². The molecule has 1 unspecified atom stereocenters. The lowest BCUT2D eigenvalue weighted by atomic mass is 10.0. The molecule has 12 heteroatoms. The fourth-order valence-electron chi connectivity index (χ4n) is 5.21. The Morgan fingerprint density at radius 2 is 1.60 bits per heavy atom. The molecule has 0 aliphatic carbocycles. The second-order valence-electron chi connectivity index (χ2n) is 11.6. The van der Waals surface area contributed by atoms with Gasteiger partial charge in [-0.15, -0.1) is 5.10 Å². The second-order valence-corrected chi connectivity index (χ2v) is 11.6. The topological polar surface area (TPSA) is 178 Å². The Labute approximate surface area is 288 Å². The summed E-state index contributed by atoms with van der Waals surface area (Å²) in [7, 11) is 1.60. The molecular weight excluding hydrogens is 634 g/mol. The van der Waals surface area contributed by atoms with Crippen molar-refractivity contribution in [2.24, 2.45) is 0 Å². The average molecular weight is 670 g/mol. The number of carboxylic acids is 1. The zero-order valence-corrected chi connectivity index (χ0v) is 27.4. The number of aromatic carboxylic acids is 1. The van der Waals surface area contributed by atoms with E-state index in [1.165, 1.54) is 6.20 Å². The van der Waals surface area contributed by atoms with Gasteiger partial charge in [-0.3, -0.25) is 9.78 Å². The number of pyridine rings is 1. The summed E-state index contributed by atoms with van der Waals surface area (Å²) in [5.74, 6) is -0.234. The number of amides is 1. The van der Waals surface area contributed by atoms with Crippen LogP contribution in [0.4, 0.5) is 23.1 Å². The molecule has 0 aliphatic heterocycles. The molecule has 0 radical (unpaired) electrons. The van der Waals surface area contributed by atoms with Gasteiger partial charge in [0.05, 0.1) is 25.1 Å². The van der Waals surface area contributed by atoms with Crippen LogP contribution < -0.4 is 26.4 Å². The number of methoxy groups -OCH3 is 1. The minimum Gasteiger partial charge on any atom is -0.497 e. The third kappa shape index (κ3) is 8.23. The van der Waals surface area contributed by atoms with Crippen LogP contribution in [0.2, 0.25) is 0 Å². The summed E-state index contributed by atoms with van der Waals surface area (Å²) in [6.45, 7) is 2.47. The van der Waals surface area contributed by atoms with Crippen LogP contribution in [0.5, 0.6) is 5.75 Å². The van der Waals surface area contributed by atoms with Crippen molar-refractivity contribution in [1.82, 2.24) is 20.5 Å². The van der Waals surface area contributed by atoms with Gasteiger partial charge in [-0.2, -0.15) is 0 Å². The Hall–Kier alpha value is -6.69. The number of hydrogen-bond donors (Lipinski definition) is 5. The normalized spacial score (nSPS) is 11.4. The molecule has 2 aromatic heterocycles. The standard InChI is InChI=1S/C38H35N7O5/c1-23-3-12-31(18-33(23)39)42-38-45-44-35(50-38)19-34(26-10-15-32(49-2)16-11-26)43-36(46)27-6-4-24(5-7-27)20-41-30-13-8-25(9-14-30)28-17-29(37(47)48)22-40-21-28/h3-18,21-22,34,41H,19-20,39H2,1-2H3,(H,42,45)(H,43,46)(H,47,48). The number of benzene rings is 4. The number of rotatable bonds is 13. The van der Waals surface area contributed by atoms with E-state index in [0.29, 0.717) is 29.4 Å². The van der Waals surface area contributed by atoms with Crippen LogP contribution in [0.3, 0.4) is 0 Å². The maximum atomic E-state index is 13.5. The van der Waals surface area contributed by atoms with Crippen LogP contribution >= 0.6 is 0 Å². The Balaban J connectivity index is 1.09. The first kappa shape index (κ1) is 33.2. The summed E-state index contributed by atoms with van der Waals surface area (Å²) in [5, 5.41) is 27.1. The molecule has 0 saturated heterocycles. The number of carbonyl (C=O) groups excluding carboxylic acids is 1. The number of aromatic nitrogens is 3. The van der Waals surface area contributed by atoms with Gasteiger partial charge in [0, 0.05) is 47.1 Å². The van der Waals surface area contributed by atoms with Crippen LogP contribution in [-0.2, 0) is 13.0 Å². The Morgan fingerprint density at radius 1 is 0.860 bits per heavy atom. The van der Waals surface area contributed by atoms with E-state index in [9.17, 15) is 14.7 Å². The second kappa shape index (κ2) is 15.0. The number of aryl methyl sites for hydroxylation is 1. The molecule has 2 heterocycles. The van der Waals surface area contributed by atoms with Crippen molar-refractivity contribution in [3.05, 3.63) is 143 Å². The van der Waals surface area contributed by atoms with Crippen LogP contribution in [0.25, 0.3) is 11.1 Å². The van der Waals surface area contributed by atoms with E-state index >= 15 is 0 Å². The molecule has 1 atom stereocenters. The maximum absolute atomic E-state index is 13.5. The molecule has 4 aromatic carbocycles.